The van der Waals surface area contributed by atoms with Crippen molar-refractivity contribution in [3.8, 4) is 0 Å². The SMILES string of the molecule is CC(C)C(NCC(=O)Nc1nccs1)c1ccccc1. The van der Waals surface area contributed by atoms with Crippen molar-refractivity contribution in [2.45, 2.75) is 19.9 Å². The van der Waals surface area contributed by atoms with Gasteiger partial charge in [-0.15, -0.1) is 11.3 Å². The van der Waals surface area contributed by atoms with Gasteiger partial charge in [-0.2, -0.15) is 0 Å². The predicted octanol–water partition coefficient (Wildman–Crippen LogP) is 3.07. The number of hydrogen-bond donors (Lipinski definition) is 2. The molecule has 2 rings (SSSR count). The average molecular weight is 289 g/mol. The number of thiazole rings is 1. The van der Waals surface area contributed by atoms with Gasteiger partial charge in [-0.1, -0.05) is 44.2 Å². The standard InChI is InChI=1S/C15H19N3OS/c1-11(2)14(12-6-4-3-5-7-12)17-10-13(19)18-15-16-8-9-20-15/h3-9,11,14,17H,10H2,1-2H3,(H,16,18,19). The molecule has 4 nitrogen and oxygen atoms in total. The van der Waals surface area contributed by atoms with Crippen molar-refractivity contribution < 1.29 is 4.79 Å². The van der Waals surface area contributed by atoms with Crippen LogP contribution in [-0.2, 0) is 4.79 Å². The fraction of sp³-hybridized carbons (Fsp3) is 0.333. The second-order valence-electron chi connectivity index (χ2n) is 4.90. The molecule has 0 fully saturated rings. The summed E-state index contributed by atoms with van der Waals surface area (Å²) in [5, 5.41) is 8.56. The highest BCUT2D eigenvalue weighted by Gasteiger charge is 2.16. The molecule has 0 saturated heterocycles. The first-order valence-electron chi connectivity index (χ1n) is 6.64. The number of nitrogens with zero attached hydrogens (tertiary/aromatic N) is 1. The van der Waals surface area contributed by atoms with Gasteiger partial charge in [-0.25, -0.2) is 4.98 Å². The number of benzene rings is 1. The molecule has 5 heteroatoms. The van der Waals surface area contributed by atoms with Gasteiger partial charge in [0.15, 0.2) is 5.13 Å². The number of aromatic nitrogens is 1. The molecule has 0 aliphatic carbocycles. The molecule has 2 N–H and O–H groups in total. The van der Waals surface area contributed by atoms with E-state index in [1.807, 2.05) is 23.6 Å². The van der Waals surface area contributed by atoms with Crippen LogP contribution in [0.2, 0.25) is 0 Å². The van der Waals surface area contributed by atoms with Crippen LogP contribution in [0, 0.1) is 5.92 Å². The summed E-state index contributed by atoms with van der Waals surface area (Å²) in [6.45, 7) is 4.56. The molecule has 2 aromatic rings. The highest BCUT2D eigenvalue weighted by Crippen LogP contribution is 2.21. The Balaban J connectivity index is 1.91. The fourth-order valence-corrected chi connectivity index (χ4v) is 2.60. The zero-order valence-corrected chi connectivity index (χ0v) is 12.5. The van der Waals surface area contributed by atoms with Crippen LogP contribution in [-0.4, -0.2) is 17.4 Å². The molecule has 1 aromatic heterocycles. The Morgan fingerprint density at radius 2 is 2.05 bits per heavy atom. The first-order valence-corrected chi connectivity index (χ1v) is 7.52. The molecule has 0 bridgehead atoms. The molecule has 106 valence electrons. The number of nitrogens with one attached hydrogen (secondary N) is 2. The molecule has 1 aromatic carbocycles. The zero-order chi connectivity index (χ0) is 14.4. The topological polar surface area (TPSA) is 54.0 Å². The highest BCUT2D eigenvalue weighted by atomic mass is 32.1. The molecule has 0 radical (unpaired) electrons. The number of carbonyl (C=O) groups excluding carboxylic acids is 1. The Morgan fingerprint density at radius 3 is 2.65 bits per heavy atom. The maximum atomic E-state index is 11.9. The lowest BCUT2D eigenvalue weighted by molar-refractivity contribution is -0.115. The summed E-state index contributed by atoms with van der Waals surface area (Å²) in [5.74, 6) is 0.339. The lowest BCUT2D eigenvalue weighted by Crippen LogP contribution is -2.33. The van der Waals surface area contributed by atoms with Gasteiger partial charge < -0.3 is 10.6 Å². The van der Waals surface area contributed by atoms with Gasteiger partial charge in [0, 0.05) is 17.6 Å². The molecule has 1 amide bonds. The number of carbonyl (C=O) groups is 1. The first kappa shape index (κ1) is 14.7. The van der Waals surface area contributed by atoms with E-state index in [0.717, 1.165) is 0 Å². The average Bonchev–Trinajstić information content (AvgIpc) is 2.92. The van der Waals surface area contributed by atoms with Crippen LogP contribution < -0.4 is 10.6 Å². The highest BCUT2D eigenvalue weighted by molar-refractivity contribution is 7.13. The normalized spacial score (nSPS) is 12.3. The van der Waals surface area contributed by atoms with Crippen LogP contribution >= 0.6 is 11.3 Å². The molecule has 0 aliphatic heterocycles. The van der Waals surface area contributed by atoms with Crippen LogP contribution in [0.4, 0.5) is 5.13 Å². The van der Waals surface area contributed by atoms with Gasteiger partial charge in [0.05, 0.1) is 6.54 Å². The van der Waals surface area contributed by atoms with E-state index in [4.69, 9.17) is 0 Å². The molecule has 0 saturated carbocycles. The maximum absolute atomic E-state index is 11.9. The number of hydrogen-bond acceptors (Lipinski definition) is 4. The quantitative estimate of drug-likeness (QED) is 0.859. The van der Waals surface area contributed by atoms with Crippen LogP contribution in [0.25, 0.3) is 0 Å². The van der Waals surface area contributed by atoms with Crippen LogP contribution in [0.15, 0.2) is 41.9 Å². The van der Waals surface area contributed by atoms with Gasteiger partial charge in [-0.05, 0) is 11.5 Å². The summed E-state index contributed by atoms with van der Waals surface area (Å²) >= 11 is 1.42. The summed E-state index contributed by atoms with van der Waals surface area (Å²) in [5.41, 5.74) is 1.20. The largest absolute Gasteiger partial charge is 0.301 e. The van der Waals surface area contributed by atoms with Crippen molar-refractivity contribution in [2.75, 3.05) is 11.9 Å². The van der Waals surface area contributed by atoms with Gasteiger partial charge in [0.25, 0.3) is 0 Å². The summed E-state index contributed by atoms with van der Waals surface area (Å²) in [4.78, 5) is 15.9. The molecular formula is C15H19N3OS. The van der Waals surface area contributed by atoms with Gasteiger partial charge in [0.1, 0.15) is 0 Å². The van der Waals surface area contributed by atoms with Crippen LogP contribution in [0.3, 0.4) is 0 Å². The summed E-state index contributed by atoms with van der Waals surface area (Å²) in [6, 6.07) is 10.4. The van der Waals surface area contributed by atoms with E-state index in [0.29, 0.717) is 11.0 Å². The summed E-state index contributed by atoms with van der Waals surface area (Å²) in [7, 11) is 0. The van der Waals surface area contributed by atoms with E-state index < -0.39 is 0 Å². The minimum Gasteiger partial charge on any atom is -0.301 e. The fourth-order valence-electron chi connectivity index (χ4n) is 2.05. The second kappa shape index (κ2) is 7.17. The minimum atomic E-state index is -0.0680. The molecule has 0 aliphatic rings. The van der Waals surface area contributed by atoms with E-state index in [1.165, 1.54) is 16.9 Å². The van der Waals surface area contributed by atoms with Crippen LogP contribution in [0.5, 0.6) is 0 Å². The van der Waals surface area contributed by atoms with E-state index in [2.05, 4.69) is 41.6 Å². The van der Waals surface area contributed by atoms with Crippen molar-refractivity contribution >= 4 is 22.4 Å². The zero-order valence-electron chi connectivity index (χ0n) is 11.7. The summed E-state index contributed by atoms with van der Waals surface area (Å²) in [6.07, 6.45) is 1.68. The van der Waals surface area contributed by atoms with Crippen molar-refractivity contribution in [2.24, 2.45) is 5.92 Å². The molecule has 0 spiro atoms. The maximum Gasteiger partial charge on any atom is 0.240 e. The van der Waals surface area contributed by atoms with Crippen molar-refractivity contribution in [3.63, 3.8) is 0 Å². The Morgan fingerprint density at radius 1 is 1.30 bits per heavy atom. The van der Waals surface area contributed by atoms with Crippen LogP contribution in [0.1, 0.15) is 25.5 Å². The Kier molecular flexibility index (Phi) is 5.26. The second-order valence-corrected chi connectivity index (χ2v) is 5.79. The Bertz CT molecular complexity index is 525. The number of rotatable bonds is 6. The van der Waals surface area contributed by atoms with E-state index >= 15 is 0 Å². The van der Waals surface area contributed by atoms with Gasteiger partial charge in [0.2, 0.25) is 5.91 Å². The lowest BCUT2D eigenvalue weighted by Gasteiger charge is -2.22. The molecular weight excluding hydrogens is 270 g/mol. The first-order chi connectivity index (χ1) is 9.66. The third kappa shape index (κ3) is 4.15. The van der Waals surface area contributed by atoms with Gasteiger partial charge in [-0.3, -0.25) is 4.79 Å². The Hall–Kier alpha value is -1.72. The van der Waals surface area contributed by atoms with Crippen molar-refractivity contribution in [1.82, 2.24) is 10.3 Å². The summed E-state index contributed by atoms with van der Waals surface area (Å²) < 4.78 is 0. The molecule has 1 unspecified atom stereocenters. The van der Waals surface area contributed by atoms with E-state index in [9.17, 15) is 4.79 Å². The smallest absolute Gasteiger partial charge is 0.240 e. The lowest BCUT2D eigenvalue weighted by atomic mass is 9.96. The predicted molar refractivity (Wildman–Crippen MR) is 82.8 cm³/mol. The third-order valence-corrected chi connectivity index (χ3v) is 3.68. The van der Waals surface area contributed by atoms with Crippen molar-refractivity contribution in [1.29, 1.82) is 0 Å². The van der Waals surface area contributed by atoms with Crippen molar-refractivity contribution in [3.05, 3.63) is 47.5 Å². The Labute approximate surface area is 123 Å². The molecule has 1 heterocycles. The number of anilines is 1. The number of amides is 1. The van der Waals surface area contributed by atoms with Gasteiger partial charge >= 0.3 is 0 Å². The molecule has 1 atom stereocenters. The monoisotopic (exact) mass is 289 g/mol. The van der Waals surface area contributed by atoms with E-state index in [1.54, 1.807) is 6.20 Å². The molecule has 20 heavy (non-hydrogen) atoms. The van der Waals surface area contributed by atoms with E-state index in [-0.39, 0.29) is 18.5 Å². The third-order valence-electron chi connectivity index (χ3n) is 2.99. The minimum absolute atomic E-state index is 0.0680.